The molecule has 1 aromatic heterocycles. The van der Waals surface area contributed by atoms with E-state index in [0.29, 0.717) is 17.9 Å². The standard InChI is InChI=1S/C18H21N5O/c19-14-5-3-11(8-15(14)20)18-21-16-6-4-12(9-17(16)22-18)23-7-1-2-13(24)10-23/h3-6,8-9,13,24H,1-2,7,10,19-20H2,(H,21,22). The molecule has 124 valence electrons. The number of aromatic amines is 1. The van der Waals surface area contributed by atoms with Crippen molar-refractivity contribution in [3.63, 3.8) is 0 Å². The number of nitrogen functional groups attached to an aromatic ring is 2. The normalized spacial score (nSPS) is 18.2. The van der Waals surface area contributed by atoms with Gasteiger partial charge in [-0.1, -0.05) is 0 Å². The molecule has 2 aromatic carbocycles. The molecule has 0 aliphatic carbocycles. The summed E-state index contributed by atoms with van der Waals surface area (Å²) in [6.45, 7) is 1.64. The molecular weight excluding hydrogens is 302 g/mol. The molecule has 3 aromatic rings. The second kappa shape index (κ2) is 5.72. The maximum Gasteiger partial charge on any atom is 0.138 e. The number of fused-ring (bicyclic) bond motifs is 1. The van der Waals surface area contributed by atoms with Gasteiger partial charge in [-0.3, -0.25) is 0 Å². The van der Waals surface area contributed by atoms with Gasteiger partial charge in [-0.05, 0) is 49.2 Å². The number of piperidine rings is 1. The number of β-amino-alcohol motifs (C(OH)–C–C–N with tert-alkyl or cyclic N) is 1. The van der Waals surface area contributed by atoms with E-state index in [0.717, 1.165) is 47.5 Å². The topological polar surface area (TPSA) is 104 Å². The molecule has 6 heteroatoms. The lowest BCUT2D eigenvalue weighted by Crippen LogP contribution is -2.38. The first-order chi connectivity index (χ1) is 11.6. The van der Waals surface area contributed by atoms with E-state index in [-0.39, 0.29) is 6.10 Å². The number of aliphatic hydroxyl groups is 1. The molecule has 24 heavy (non-hydrogen) atoms. The Bertz CT molecular complexity index is 888. The first-order valence-corrected chi connectivity index (χ1v) is 8.18. The number of aliphatic hydroxyl groups excluding tert-OH is 1. The predicted octanol–water partition coefficient (Wildman–Crippen LogP) is 2.36. The van der Waals surface area contributed by atoms with Gasteiger partial charge in [-0.2, -0.15) is 0 Å². The number of anilines is 3. The highest BCUT2D eigenvalue weighted by Gasteiger charge is 2.18. The van der Waals surface area contributed by atoms with E-state index in [9.17, 15) is 5.11 Å². The second-order valence-electron chi connectivity index (χ2n) is 6.37. The van der Waals surface area contributed by atoms with Crippen LogP contribution >= 0.6 is 0 Å². The van der Waals surface area contributed by atoms with Crippen LogP contribution in [-0.2, 0) is 0 Å². The van der Waals surface area contributed by atoms with Crippen molar-refractivity contribution >= 4 is 28.1 Å². The number of nitrogens with zero attached hydrogens (tertiary/aromatic N) is 2. The third-order valence-corrected chi connectivity index (χ3v) is 4.59. The van der Waals surface area contributed by atoms with Crippen molar-refractivity contribution in [3.8, 4) is 11.4 Å². The van der Waals surface area contributed by atoms with Crippen molar-refractivity contribution in [3.05, 3.63) is 36.4 Å². The Kier molecular flexibility index (Phi) is 3.54. The summed E-state index contributed by atoms with van der Waals surface area (Å²) in [6, 6.07) is 11.7. The van der Waals surface area contributed by atoms with Gasteiger partial charge in [-0.15, -0.1) is 0 Å². The minimum Gasteiger partial charge on any atom is -0.397 e. The summed E-state index contributed by atoms with van der Waals surface area (Å²) in [5.74, 6) is 0.771. The average molecular weight is 323 g/mol. The first kappa shape index (κ1) is 14.8. The van der Waals surface area contributed by atoms with E-state index in [1.165, 1.54) is 0 Å². The summed E-state index contributed by atoms with van der Waals surface area (Å²) in [4.78, 5) is 10.2. The van der Waals surface area contributed by atoms with Gasteiger partial charge in [0.1, 0.15) is 5.82 Å². The molecule has 6 nitrogen and oxygen atoms in total. The highest BCUT2D eigenvalue weighted by molar-refractivity contribution is 5.84. The number of H-pyrrole nitrogens is 1. The van der Waals surface area contributed by atoms with Crippen LogP contribution in [0.25, 0.3) is 22.4 Å². The van der Waals surface area contributed by atoms with Crippen molar-refractivity contribution in [2.45, 2.75) is 18.9 Å². The van der Waals surface area contributed by atoms with Crippen molar-refractivity contribution in [2.24, 2.45) is 0 Å². The fourth-order valence-corrected chi connectivity index (χ4v) is 3.24. The SMILES string of the molecule is Nc1ccc(-c2nc3cc(N4CCCC(O)C4)ccc3[nH]2)cc1N. The smallest absolute Gasteiger partial charge is 0.138 e. The molecule has 2 heterocycles. The molecule has 0 amide bonds. The molecule has 0 bridgehead atoms. The molecule has 1 aliphatic heterocycles. The zero-order valence-corrected chi connectivity index (χ0v) is 13.4. The Labute approximate surface area is 140 Å². The fourth-order valence-electron chi connectivity index (χ4n) is 3.24. The fraction of sp³-hybridized carbons (Fsp3) is 0.278. The lowest BCUT2D eigenvalue weighted by molar-refractivity contribution is 0.154. The van der Waals surface area contributed by atoms with Gasteiger partial charge in [0.2, 0.25) is 0 Å². The quantitative estimate of drug-likeness (QED) is 0.542. The number of rotatable bonds is 2. The van der Waals surface area contributed by atoms with Crippen LogP contribution in [0, 0.1) is 0 Å². The summed E-state index contributed by atoms with van der Waals surface area (Å²) < 4.78 is 0. The number of aromatic nitrogens is 2. The zero-order valence-electron chi connectivity index (χ0n) is 13.4. The molecule has 1 fully saturated rings. The summed E-state index contributed by atoms with van der Waals surface area (Å²) in [5, 5.41) is 9.87. The van der Waals surface area contributed by atoms with Crippen LogP contribution in [0.2, 0.25) is 0 Å². The van der Waals surface area contributed by atoms with E-state index >= 15 is 0 Å². The number of nitrogens with one attached hydrogen (secondary N) is 1. The molecule has 4 rings (SSSR count). The maximum atomic E-state index is 9.87. The number of hydrogen-bond donors (Lipinski definition) is 4. The number of hydrogen-bond acceptors (Lipinski definition) is 5. The van der Waals surface area contributed by atoms with Gasteiger partial charge in [-0.25, -0.2) is 4.98 Å². The molecule has 1 saturated heterocycles. The van der Waals surface area contributed by atoms with Crippen molar-refractivity contribution in [1.82, 2.24) is 9.97 Å². The highest BCUT2D eigenvalue weighted by atomic mass is 16.3. The molecule has 1 unspecified atom stereocenters. The number of imidazole rings is 1. The zero-order chi connectivity index (χ0) is 16.7. The molecule has 1 atom stereocenters. The minimum atomic E-state index is -0.248. The summed E-state index contributed by atoms with van der Waals surface area (Å²) in [7, 11) is 0. The lowest BCUT2D eigenvalue weighted by Gasteiger charge is -2.31. The van der Waals surface area contributed by atoms with Crippen molar-refractivity contribution < 1.29 is 5.11 Å². The van der Waals surface area contributed by atoms with Gasteiger partial charge < -0.3 is 26.5 Å². The lowest BCUT2D eigenvalue weighted by atomic mass is 10.1. The van der Waals surface area contributed by atoms with Gasteiger partial charge >= 0.3 is 0 Å². The van der Waals surface area contributed by atoms with Gasteiger partial charge in [0.05, 0.1) is 28.5 Å². The molecule has 0 radical (unpaired) electrons. The van der Waals surface area contributed by atoms with E-state index in [4.69, 9.17) is 11.5 Å². The number of nitrogens with two attached hydrogens (primary N) is 2. The molecule has 0 spiro atoms. The van der Waals surface area contributed by atoms with Crippen LogP contribution in [0.1, 0.15) is 12.8 Å². The first-order valence-electron chi connectivity index (χ1n) is 8.18. The van der Waals surface area contributed by atoms with E-state index in [1.54, 1.807) is 6.07 Å². The van der Waals surface area contributed by atoms with Crippen LogP contribution in [0.15, 0.2) is 36.4 Å². The third-order valence-electron chi connectivity index (χ3n) is 4.59. The van der Waals surface area contributed by atoms with Crippen LogP contribution in [0.5, 0.6) is 0 Å². The molecule has 1 aliphatic rings. The Morgan fingerprint density at radius 2 is 2.00 bits per heavy atom. The van der Waals surface area contributed by atoms with Crippen LogP contribution in [0.4, 0.5) is 17.1 Å². The van der Waals surface area contributed by atoms with E-state index in [2.05, 4.69) is 27.0 Å². The van der Waals surface area contributed by atoms with Crippen molar-refractivity contribution in [1.29, 1.82) is 0 Å². The Hall–Kier alpha value is -2.73. The summed E-state index contributed by atoms with van der Waals surface area (Å²) in [6.07, 6.45) is 1.64. The van der Waals surface area contributed by atoms with Crippen molar-refractivity contribution in [2.75, 3.05) is 29.5 Å². The third kappa shape index (κ3) is 2.65. The van der Waals surface area contributed by atoms with Gasteiger partial charge in [0.25, 0.3) is 0 Å². The Morgan fingerprint density at radius 3 is 2.79 bits per heavy atom. The van der Waals surface area contributed by atoms with E-state index < -0.39 is 0 Å². The largest absolute Gasteiger partial charge is 0.397 e. The minimum absolute atomic E-state index is 0.248. The molecule has 0 saturated carbocycles. The average Bonchev–Trinajstić information content (AvgIpc) is 3.00. The highest BCUT2D eigenvalue weighted by Crippen LogP contribution is 2.28. The van der Waals surface area contributed by atoms with Crippen LogP contribution in [0.3, 0.4) is 0 Å². The maximum absolute atomic E-state index is 9.87. The van der Waals surface area contributed by atoms with Crippen LogP contribution in [-0.4, -0.2) is 34.3 Å². The van der Waals surface area contributed by atoms with E-state index in [1.807, 2.05) is 18.2 Å². The Morgan fingerprint density at radius 1 is 1.12 bits per heavy atom. The van der Waals surface area contributed by atoms with Crippen LogP contribution < -0.4 is 16.4 Å². The monoisotopic (exact) mass is 323 g/mol. The second-order valence-corrected chi connectivity index (χ2v) is 6.37. The predicted molar refractivity (Wildman–Crippen MR) is 97.8 cm³/mol. The Balaban J connectivity index is 1.69. The van der Waals surface area contributed by atoms with Gasteiger partial charge in [0.15, 0.2) is 0 Å². The van der Waals surface area contributed by atoms with Gasteiger partial charge in [0, 0.05) is 24.3 Å². The summed E-state index contributed by atoms with van der Waals surface area (Å²) in [5.41, 5.74) is 16.7. The summed E-state index contributed by atoms with van der Waals surface area (Å²) >= 11 is 0. The molecular formula is C18H21N5O. The molecule has 6 N–H and O–H groups in total. The number of benzene rings is 2.